The van der Waals surface area contributed by atoms with Crippen LogP contribution in [0.25, 0.3) is 0 Å². The minimum absolute atomic E-state index is 0.00148. The van der Waals surface area contributed by atoms with Gasteiger partial charge in [-0.1, -0.05) is 0 Å². The molecule has 5 heteroatoms. The second-order valence-corrected chi connectivity index (χ2v) is 2.41. The van der Waals surface area contributed by atoms with Gasteiger partial charge in [-0.15, -0.1) is 0 Å². The van der Waals surface area contributed by atoms with Crippen LogP contribution in [0.5, 0.6) is 0 Å². The van der Waals surface area contributed by atoms with Crippen LogP contribution in [-0.2, 0) is 9.53 Å². The van der Waals surface area contributed by atoms with Crippen molar-refractivity contribution in [1.82, 2.24) is 10.6 Å². The smallest absolute Gasteiger partial charge is 0.407 e. The van der Waals surface area contributed by atoms with Crippen LogP contribution in [0.4, 0.5) is 4.79 Å². The van der Waals surface area contributed by atoms with Gasteiger partial charge in [0.2, 0.25) is 5.91 Å². The molecular weight excluding hydrogens is 148 g/mol. The number of amides is 2. The highest BCUT2D eigenvalue weighted by Crippen LogP contribution is 2.04. The standard InChI is InChI=1S/C6H10N2O3/c1-3-4(5(9)7-3)8-6(10)11-2/h3-4H,1-2H3,(H,7,9)(H,8,10)/t3-,4+/m0/s1. The predicted molar refractivity (Wildman–Crippen MR) is 36.9 cm³/mol. The molecule has 2 N–H and O–H groups in total. The zero-order valence-corrected chi connectivity index (χ0v) is 6.38. The molecule has 1 heterocycles. The Labute approximate surface area is 64.1 Å². The number of alkyl carbamates (subject to hydrolysis) is 1. The van der Waals surface area contributed by atoms with Crippen LogP contribution in [0.15, 0.2) is 0 Å². The number of hydrogen-bond donors (Lipinski definition) is 2. The largest absolute Gasteiger partial charge is 0.453 e. The first-order valence-electron chi connectivity index (χ1n) is 3.30. The molecule has 11 heavy (non-hydrogen) atoms. The molecule has 1 rings (SSSR count). The van der Waals surface area contributed by atoms with Gasteiger partial charge in [-0.05, 0) is 6.92 Å². The molecule has 5 nitrogen and oxygen atoms in total. The molecule has 2 atom stereocenters. The van der Waals surface area contributed by atoms with Crippen molar-refractivity contribution in [3.05, 3.63) is 0 Å². The summed E-state index contributed by atoms with van der Waals surface area (Å²) in [5.74, 6) is -0.164. The topological polar surface area (TPSA) is 67.4 Å². The van der Waals surface area contributed by atoms with Gasteiger partial charge in [0.25, 0.3) is 0 Å². The zero-order valence-electron chi connectivity index (χ0n) is 6.38. The van der Waals surface area contributed by atoms with E-state index < -0.39 is 12.1 Å². The lowest BCUT2D eigenvalue weighted by molar-refractivity contribution is -0.130. The summed E-state index contributed by atoms with van der Waals surface area (Å²) >= 11 is 0. The first-order chi connectivity index (χ1) is 5.15. The lowest BCUT2D eigenvalue weighted by Gasteiger charge is -2.33. The van der Waals surface area contributed by atoms with Gasteiger partial charge in [0.15, 0.2) is 0 Å². The molecule has 0 aromatic heterocycles. The van der Waals surface area contributed by atoms with Crippen molar-refractivity contribution >= 4 is 12.0 Å². The first-order valence-corrected chi connectivity index (χ1v) is 3.30. The second-order valence-electron chi connectivity index (χ2n) is 2.41. The molecule has 0 aromatic rings. The number of rotatable bonds is 1. The van der Waals surface area contributed by atoms with Crippen LogP contribution in [0.3, 0.4) is 0 Å². The van der Waals surface area contributed by atoms with E-state index in [1.807, 2.05) is 6.92 Å². The maximum atomic E-state index is 10.7. The van der Waals surface area contributed by atoms with E-state index in [1.165, 1.54) is 7.11 Å². The van der Waals surface area contributed by atoms with E-state index in [2.05, 4.69) is 15.4 Å². The molecule has 0 saturated carbocycles. The van der Waals surface area contributed by atoms with E-state index in [9.17, 15) is 9.59 Å². The molecule has 0 spiro atoms. The van der Waals surface area contributed by atoms with Crippen LogP contribution in [0.2, 0.25) is 0 Å². The van der Waals surface area contributed by atoms with Crippen LogP contribution in [-0.4, -0.2) is 31.2 Å². The number of ether oxygens (including phenoxy) is 1. The van der Waals surface area contributed by atoms with Crippen molar-refractivity contribution in [2.45, 2.75) is 19.0 Å². The van der Waals surface area contributed by atoms with Gasteiger partial charge in [-0.25, -0.2) is 4.79 Å². The first kappa shape index (κ1) is 7.84. The number of hydrogen-bond acceptors (Lipinski definition) is 3. The van der Waals surface area contributed by atoms with Gasteiger partial charge in [0, 0.05) is 0 Å². The van der Waals surface area contributed by atoms with E-state index >= 15 is 0 Å². The van der Waals surface area contributed by atoms with Crippen molar-refractivity contribution in [3.63, 3.8) is 0 Å². The molecule has 0 unspecified atom stereocenters. The van der Waals surface area contributed by atoms with Crippen LogP contribution in [0.1, 0.15) is 6.92 Å². The minimum atomic E-state index is -0.572. The number of carbonyl (C=O) groups is 2. The summed E-state index contributed by atoms with van der Waals surface area (Å²) in [6, 6.07) is -0.427. The van der Waals surface area contributed by atoms with Crippen molar-refractivity contribution in [1.29, 1.82) is 0 Å². The Balaban J connectivity index is 2.37. The Morgan fingerprint density at radius 2 is 2.36 bits per heavy atom. The summed E-state index contributed by atoms with van der Waals surface area (Å²) in [6.45, 7) is 1.81. The fourth-order valence-electron chi connectivity index (χ4n) is 0.905. The van der Waals surface area contributed by atoms with Gasteiger partial charge in [-0.3, -0.25) is 4.79 Å². The Morgan fingerprint density at radius 3 is 2.73 bits per heavy atom. The molecule has 0 bridgehead atoms. The van der Waals surface area contributed by atoms with Gasteiger partial charge in [0.05, 0.1) is 13.2 Å². The highest BCUT2D eigenvalue weighted by atomic mass is 16.5. The Morgan fingerprint density at radius 1 is 1.73 bits per heavy atom. The van der Waals surface area contributed by atoms with Crippen molar-refractivity contribution in [3.8, 4) is 0 Å². The summed E-state index contributed by atoms with van der Waals surface area (Å²) < 4.78 is 4.32. The third-order valence-corrected chi connectivity index (χ3v) is 1.61. The zero-order chi connectivity index (χ0) is 8.43. The molecular formula is C6H10N2O3. The number of β-lactam (4-membered cyclic amide) rings is 1. The summed E-state index contributed by atoms with van der Waals surface area (Å²) in [4.78, 5) is 21.3. The minimum Gasteiger partial charge on any atom is -0.453 e. The lowest BCUT2D eigenvalue weighted by Crippen LogP contribution is -2.67. The normalized spacial score (nSPS) is 28.4. The van der Waals surface area contributed by atoms with Gasteiger partial charge >= 0.3 is 6.09 Å². The predicted octanol–water partition coefficient (Wildman–Crippen LogP) is -0.771. The Hall–Kier alpha value is -1.26. The van der Waals surface area contributed by atoms with Gasteiger partial charge in [0.1, 0.15) is 6.04 Å². The van der Waals surface area contributed by atoms with E-state index in [0.717, 1.165) is 0 Å². The van der Waals surface area contributed by atoms with Gasteiger partial charge in [-0.2, -0.15) is 0 Å². The van der Waals surface area contributed by atoms with Crippen molar-refractivity contribution in [2.24, 2.45) is 0 Å². The average Bonchev–Trinajstić information content (AvgIpc) is 2.00. The highest BCUT2D eigenvalue weighted by Gasteiger charge is 2.37. The van der Waals surface area contributed by atoms with Crippen LogP contribution >= 0.6 is 0 Å². The fourth-order valence-corrected chi connectivity index (χ4v) is 0.905. The maximum Gasteiger partial charge on any atom is 0.407 e. The molecule has 1 fully saturated rings. The lowest BCUT2D eigenvalue weighted by atomic mass is 10.0. The summed E-state index contributed by atoms with van der Waals surface area (Å²) in [7, 11) is 1.26. The SMILES string of the molecule is COC(=O)N[C@H]1C(=O)N[C@H]1C. The quantitative estimate of drug-likeness (QED) is 0.492. The van der Waals surface area contributed by atoms with E-state index in [-0.39, 0.29) is 11.9 Å². The molecule has 1 aliphatic rings. The molecule has 1 aliphatic heterocycles. The Bertz CT molecular complexity index is 192. The number of nitrogens with one attached hydrogen (secondary N) is 2. The molecule has 0 aromatic carbocycles. The summed E-state index contributed by atoms with van der Waals surface area (Å²) in [5, 5.41) is 4.97. The average molecular weight is 158 g/mol. The van der Waals surface area contributed by atoms with Crippen LogP contribution in [0, 0.1) is 0 Å². The van der Waals surface area contributed by atoms with Crippen molar-refractivity contribution in [2.75, 3.05) is 7.11 Å². The molecule has 0 aliphatic carbocycles. The highest BCUT2D eigenvalue weighted by molar-refractivity contribution is 5.91. The number of methoxy groups -OCH3 is 1. The monoisotopic (exact) mass is 158 g/mol. The molecule has 2 amide bonds. The summed E-state index contributed by atoms with van der Waals surface area (Å²) in [6.07, 6.45) is -0.572. The second kappa shape index (κ2) is 2.77. The molecule has 62 valence electrons. The molecule has 1 saturated heterocycles. The third-order valence-electron chi connectivity index (χ3n) is 1.61. The van der Waals surface area contributed by atoms with E-state index in [1.54, 1.807) is 0 Å². The van der Waals surface area contributed by atoms with E-state index in [0.29, 0.717) is 0 Å². The molecule has 0 radical (unpaired) electrons. The number of carbonyl (C=O) groups excluding carboxylic acids is 2. The fraction of sp³-hybridized carbons (Fsp3) is 0.667. The third kappa shape index (κ3) is 1.42. The maximum absolute atomic E-state index is 10.7. The van der Waals surface area contributed by atoms with E-state index in [4.69, 9.17) is 0 Å². The summed E-state index contributed by atoms with van der Waals surface area (Å²) in [5.41, 5.74) is 0. The Kier molecular flexibility index (Phi) is 1.98. The van der Waals surface area contributed by atoms with Gasteiger partial charge < -0.3 is 15.4 Å². The van der Waals surface area contributed by atoms with Crippen molar-refractivity contribution < 1.29 is 14.3 Å². The van der Waals surface area contributed by atoms with Crippen LogP contribution < -0.4 is 10.6 Å².